The fourth-order valence-corrected chi connectivity index (χ4v) is 2.77. The molecule has 10 heteroatoms. The van der Waals surface area contributed by atoms with Crippen molar-refractivity contribution in [2.75, 3.05) is 5.88 Å². The topological polar surface area (TPSA) is 116 Å². The average molecular weight is 436 g/mol. The van der Waals surface area contributed by atoms with Crippen LogP contribution in [0.5, 0.6) is 0 Å². The smallest absolute Gasteiger partial charge is 0.408 e. The summed E-state index contributed by atoms with van der Waals surface area (Å²) in [6.45, 7) is 3.96. The van der Waals surface area contributed by atoms with Crippen molar-refractivity contribution in [3.8, 4) is 0 Å². The molecule has 162 valence electrons. The molecule has 0 saturated carbocycles. The molecule has 0 aliphatic heterocycles. The molecule has 0 unspecified atom stereocenters. The number of aromatic amines is 1. The van der Waals surface area contributed by atoms with Crippen LogP contribution in [0.15, 0.2) is 42.6 Å². The maximum absolute atomic E-state index is 12.8. The van der Waals surface area contributed by atoms with E-state index in [0.29, 0.717) is 12.1 Å². The molecular formula is C20H26ClN5O4. The zero-order valence-electron chi connectivity index (χ0n) is 16.9. The predicted molar refractivity (Wildman–Crippen MR) is 111 cm³/mol. The van der Waals surface area contributed by atoms with Crippen molar-refractivity contribution in [1.29, 1.82) is 0 Å². The van der Waals surface area contributed by atoms with Gasteiger partial charge in [0.2, 0.25) is 0 Å². The number of aromatic nitrogens is 2. The van der Waals surface area contributed by atoms with Gasteiger partial charge >= 0.3 is 6.09 Å². The molecule has 2 aromatic rings. The Bertz CT molecular complexity index is 814. The summed E-state index contributed by atoms with van der Waals surface area (Å²) >= 11 is 5.66. The number of hydrogen-bond acceptors (Lipinski definition) is 5. The lowest BCUT2D eigenvalue weighted by Gasteiger charge is -2.26. The minimum Gasteiger partial charge on any atom is -0.445 e. The lowest BCUT2D eigenvalue weighted by molar-refractivity contribution is -0.141. The van der Waals surface area contributed by atoms with Gasteiger partial charge in [0.05, 0.1) is 12.2 Å². The van der Waals surface area contributed by atoms with E-state index in [2.05, 4.69) is 20.9 Å². The van der Waals surface area contributed by atoms with Gasteiger partial charge in [-0.2, -0.15) is 5.10 Å². The first-order valence-electron chi connectivity index (χ1n) is 9.51. The summed E-state index contributed by atoms with van der Waals surface area (Å²) in [4.78, 5) is 37.1. The average Bonchev–Trinajstić information content (AvgIpc) is 3.24. The van der Waals surface area contributed by atoms with Gasteiger partial charge in [0, 0.05) is 6.20 Å². The van der Waals surface area contributed by atoms with Crippen molar-refractivity contribution in [1.82, 2.24) is 25.9 Å². The normalized spacial score (nSPS) is 11.6. The first-order valence-corrected chi connectivity index (χ1v) is 10.0. The quantitative estimate of drug-likeness (QED) is 0.413. The molecule has 0 fully saturated rings. The van der Waals surface area contributed by atoms with E-state index in [1.165, 1.54) is 0 Å². The number of hydrogen-bond donors (Lipinski definition) is 3. The highest BCUT2D eigenvalue weighted by Gasteiger charge is 2.26. The number of nitrogens with zero attached hydrogens (tertiary/aromatic N) is 2. The second-order valence-electron chi connectivity index (χ2n) is 7.04. The van der Waals surface area contributed by atoms with Crippen LogP contribution in [0.3, 0.4) is 0 Å². The second-order valence-corrected chi connectivity index (χ2v) is 7.31. The van der Waals surface area contributed by atoms with Crippen molar-refractivity contribution in [3.05, 3.63) is 53.9 Å². The van der Waals surface area contributed by atoms with Gasteiger partial charge < -0.3 is 10.1 Å². The molecule has 1 aromatic carbocycles. The zero-order valence-corrected chi connectivity index (χ0v) is 17.7. The van der Waals surface area contributed by atoms with Crippen molar-refractivity contribution < 1.29 is 19.1 Å². The monoisotopic (exact) mass is 435 g/mol. The molecule has 0 saturated heterocycles. The van der Waals surface area contributed by atoms with Gasteiger partial charge in [0.1, 0.15) is 18.5 Å². The molecule has 0 spiro atoms. The highest BCUT2D eigenvalue weighted by atomic mass is 35.5. The highest BCUT2D eigenvalue weighted by molar-refractivity contribution is 6.27. The number of nitrogens with one attached hydrogen (secondary N) is 3. The number of alkyl halides is 1. The van der Waals surface area contributed by atoms with Gasteiger partial charge in [-0.25, -0.2) is 9.80 Å². The molecule has 2 rings (SSSR count). The number of hydrazine groups is 1. The first kappa shape index (κ1) is 23.2. The molecule has 0 aliphatic rings. The molecule has 0 aliphatic carbocycles. The summed E-state index contributed by atoms with van der Waals surface area (Å²) in [5, 5.41) is 10.3. The number of halogens is 1. The van der Waals surface area contributed by atoms with Crippen LogP contribution in [0.2, 0.25) is 0 Å². The van der Waals surface area contributed by atoms with Crippen LogP contribution in [0.4, 0.5) is 4.79 Å². The predicted octanol–water partition coefficient (Wildman–Crippen LogP) is 2.35. The van der Waals surface area contributed by atoms with E-state index in [9.17, 15) is 14.4 Å². The molecule has 3 amide bonds. The lowest BCUT2D eigenvalue weighted by atomic mass is 10.0. The van der Waals surface area contributed by atoms with Crippen LogP contribution >= 0.6 is 11.6 Å². The summed E-state index contributed by atoms with van der Waals surface area (Å²) in [6, 6.07) is 9.99. The molecule has 0 bridgehead atoms. The van der Waals surface area contributed by atoms with Crippen molar-refractivity contribution in [3.63, 3.8) is 0 Å². The Morgan fingerprint density at radius 3 is 2.53 bits per heavy atom. The van der Waals surface area contributed by atoms with E-state index in [4.69, 9.17) is 16.3 Å². The minimum absolute atomic E-state index is 0.0354. The molecule has 9 nitrogen and oxygen atoms in total. The molecule has 30 heavy (non-hydrogen) atoms. The zero-order chi connectivity index (χ0) is 21.9. The Labute approximate surface area is 180 Å². The number of amides is 3. The third-order valence-corrected chi connectivity index (χ3v) is 4.30. The van der Waals surface area contributed by atoms with Crippen LogP contribution in [0.25, 0.3) is 0 Å². The minimum atomic E-state index is -0.891. The number of rotatable bonds is 9. The van der Waals surface area contributed by atoms with E-state index in [1.54, 1.807) is 12.3 Å². The van der Waals surface area contributed by atoms with Crippen molar-refractivity contribution in [2.24, 2.45) is 5.92 Å². The number of carbonyl (C=O) groups is 3. The van der Waals surface area contributed by atoms with E-state index in [1.807, 2.05) is 44.2 Å². The van der Waals surface area contributed by atoms with Gasteiger partial charge in [-0.15, -0.1) is 11.6 Å². The number of alkyl carbamates (subject to hydrolysis) is 1. The maximum Gasteiger partial charge on any atom is 0.408 e. The summed E-state index contributed by atoms with van der Waals surface area (Å²) in [7, 11) is 0. The van der Waals surface area contributed by atoms with E-state index in [-0.39, 0.29) is 24.9 Å². The Kier molecular flexibility index (Phi) is 9.14. The summed E-state index contributed by atoms with van der Waals surface area (Å²) in [5.41, 5.74) is 3.90. The number of ether oxygens (including phenoxy) is 1. The van der Waals surface area contributed by atoms with Crippen molar-refractivity contribution in [2.45, 2.75) is 39.5 Å². The third kappa shape index (κ3) is 7.75. The van der Waals surface area contributed by atoms with Gasteiger partial charge in [0.15, 0.2) is 0 Å². The molecular weight excluding hydrogens is 410 g/mol. The van der Waals surface area contributed by atoms with Gasteiger partial charge in [-0.1, -0.05) is 44.2 Å². The maximum atomic E-state index is 12.8. The fraction of sp³-hybridized carbons (Fsp3) is 0.400. The summed E-state index contributed by atoms with van der Waals surface area (Å²) in [5.74, 6) is -1.25. The largest absolute Gasteiger partial charge is 0.445 e. The number of benzene rings is 1. The van der Waals surface area contributed by atoms with E-state index in [0.717, 1.165) is 10.6 Å². The van der Waals surface area contributed by atoms with Crippen molar-refractivity contribution >= 4 is 29.5 Å². The van der Waals surface area contributed by atoms with Crippen LogP contribution in [-0.2, 0) is 27.5 Å². The Balaban J connectivity index is 1.99. The van der Waals surface area contributed by atoms with Crippen LogP contribution < -0.4 is 10.7 Å². The Hall–Kier alpha value is -3.07. The standard InChI is InChI=1S/C20H26ClN5O4/c1-14(2)10-17(23-20(29)30-13-15-6-4-3-5-7-15)19(28)25-26(18(27)11-21)12-16-8-9-22-24-16/h3-9,14,17H,10-13H2,1-2H3,(H,22,24)(H,23,29)(H,25,28)/t17-/m1/s1. The first-order chi connectivity index (χ1) is 14.4. The van der Waals surface area contributed by atoms with Gasteiger partial charge in [-0.05, 0) is 24.0 Å². The molecule has 1 heterocycles. The third-order valence-electron chi connectivity index (χ3n) is 4.07. The molecule has 1 atom stereocenters. The summed E-state index contributed by atoms with van der Waals surface area (Å²) in [6.07, 6.45) is 1.24. The number of carbonyl (C=O) groups excluding carboxylic acids is 3. The van der Waals surface area contributed by atoms with E-state index >= 15 is 0 Å². The Morgan fingerprint density at radius 2 is 1.93 bits per heavy atom. The van der Waals surface area contributed by atoms with Gasteiger partial charge in [0.25, 0.3) is 11.8 Å². The molecule has 1 aromatic heterocycles. The van der Waals surface area contributed by atoms with Crippen LogP contribution in [0.1, 0.15) is 31.5 Å². The SMILES string of the molecule is CC(C)C[C@@H](NC(=O)OCc1ccccc1)C(=O)NN(Cc1cc[nH]n1)C(=O)CCl. The molecule has 0 radical (unpaired) electrons. The Morgan fingerprint density at radius 1 is 1.20 bits per heavy atom. The molecule has 3 N–H and O–H groups in total. The summed E-state index contributed by atoms with van der Waals surface area (Å²) < 4.78 is 5.20. The highest BCUT2D eigenvalue weighted by Crippen LogP contribution is 2.08. The fourth-order valence-electron chi connectivity index (χ4n) is 2.62. The van der Waals surface area contributed by atoms with Crippen LogP contribution in [0, 0.1) is 5.92 Å². The van der Waals surface area contributed by atoms with Gasteiger partial charge in [-0.3, -0.25) is 20.1 Å². The van der Waals surface area contributed by atoms with Crippen LogP contribution in [-0.4, -0.2) is 45.0 Å². The number of H-pyrrole nitrogens is 1. The van der Waals surface area contributed by atoms with E-state index < -0.39 is 23.9 Å². The second kappa shape index (κ2) is 11.8. The lowest BCUT2D eigenvalue weighted by Crippen LogP contribution is -2.54.